The highest BCUT2D eigenvalue weighted by atomic mass is 32.2. The fourth-order valence-electron chi connectivity index (χ4n) is 1.98. The van der Waals surface area contributed by atoms with Crippen molar-refractivity contribution in [3.63, 3.8) is 0 Å². The zero-order chi connectivity index (χ0) is 14.9. The molecule has 0 aliphatic carbocycles. The lowest BCUT2D eigenvalue weighted by Gasteiger charge is -2.20. The first kappa shape index (κ1) is 14.3. The van der Waals surface area contributed by atoms with E-state index in [1.807, 2.05) is 0 Å². The van der Waals surface area contributed by atoms with Gasteiger partial charge in [0, 0.05) is 11.8 Å². The van der Waals surface area contributed by atoms with Crippen molar-refractivity contribution in [3.8, 4) is 0 Å². The Morgan fingerprint density at radius 2 is 2.20 bits per heavy atom. The van der Waals surface area contributed by atoms with Crippen LogP contribution < -0.4 is 0 Å². The molecule has 0 spiro atoms. The van der Waals surface area contributed by atoms with Crippen molar-refractivity contribution in [1.82, 2.24) is 4.90 Å². The molecule has 1 aromatic carbocycles. The second kappa shape index (κ2) is 5.49. The van der Waals surface area contributed by atoms with Gasteiger partial charge >= 0.3 is 5.97 Å². The average Bonchev–Trinajstić information content (AvgIpc) is 2.86. The van der Waals surface area contributed by atoms with Crippen LogP contribution in [0.3, 0.4) is 0 Å². The molecule has 1 aliphatic heterocycles. The molecule has 2 rings (SSSR count). The Balaban J connectivity index is 2.40. The number of rotatable bonds is 3. The maximum absolute atomic E-state index is 12.4. The second-order valence-electron chi connectivity index (χ2n) is 4.41. The van der Waals surface area contributed by atoms with Gasteiger partial charge in [-0.1, -0.05) is 6.07 Å². The molecule has 0 aromatic heterocycles. The molecule has 1 N–H and O–H groups in total. The molecular weight excluding hydrogens is 284 g/mol. The molecule has 20 heavy (non-hydrogen) atoms. The molecule has 1 unspecified atom stereocenters. The Labute approximate surface area is 118 Å². The highest BCUT2D eigenvalue weighted by Gasteiger charge is 2.37. The molecule has 106 valence electrons. The average molecular weight is 296 g/mol. The number of nitrogens with zero attached hydrogens (tertiary/aromatic N) is 2. The summed E-state index contributed by atoms with van der Waals surface area (Å²) in [6, 6.07) is 3.29. The van der Waals surface area contributed by atoms with E-state index in [0.717, 1.165) is 4.90 Å². The summed E-state index contributed by atoms with van der Waals surface area (Å²) in [5.74, 6) is -1.20. The van der Waals surface area contributed by atoms with E-state index in [1.165, 1.54) is 23.9 Å². The highest BCUT2D eigenvalue weighted by molar-refractivity contribution is 7.99. The van der Waals surface area contributed by atoms with Crippen LogP contribution >= 0.6 is 11.8 Å². The fraction of sp³-hybridized carbons (Fsp3) is 0.333. The van der Waals surface area contributed by atoms with E-state index in [0.29, 0.717) is 11.3 Å². The molecule has 1 aromatic rings. The SMILES string of the molecule is Cc1ccc([N+](=O)[O-])c(C(=O)N2CSCC2C(=O)O)c1. The third-order valence-electron chi connectivity index (χ3n) is 3.01. The number of benzene rings is 1. The smallest absolute Gasteiger partial charge is 0.327 e. The number of carboxylic acids is 1. The van der Waals surface area contributed by atoms with Crippen LogP contribution in [0.4, 0.5) is 5.69 Å². The van der Waals surface area contributed by atoms with Crippen LogP contribution in [0.1, 0.15) is 15.9 Å². The summed E-state index contributed by atoms with van der Waals surface area (Å²) in [6.45, 7) is 1.72. The molecule has 7 nitrogen and oxygen atoms in total. The van der Waals surface area contributed by atoms with Crippen molar-refractivity contribution in [1.29, 1.82) is 0 Å². The number of aliphatic carboxylic acids is 1. The van der Waals surface area contributed by atoms with Gasteiger partial charge < -0.3 is 10.0 Å². The first-order chi connectivity index (χ1) is 9.41. The van der Waals surface area contributed by atoms with E-state index in [2.05, 4.69) is 0 Å². The maximum Gasteiger partial charge on any atom is 0.327 e. The van der Waals surface area contributed by atoms with Crippen molar-refractivity contribution in [2.24, 2.45) is 0 Å². The monoisotopic (exact) mass is 296 g/mol. The minimum atomic E-state index is -1.10. The molecular formula is C12H12N2O5S. The van der Waals surface area contributed by atoms with Crippen LogP contribution in [0, 0.1) is 17.0 Å². The van der Waals surface area contributed by atoms with E-state index >= 15 is 0 Å². The Morgan fingerprint density at radius 1 is 1.50 bits per heavy atom. The minimum Gasteiger partial charge on any atom is -0.480 e. The molecule has 0 radical (unpaired) electrons. The van der Waals surface area contributed by atoms with Crippen molar-refractivity contribution in [2.75, 3.05) is 11.6 Å². The number of nitro benzene ring substituents is 1. The molecule has 1 fully saturated rings. The molecule has 0 bridgehead atoms. The first-order valence-electron chi connectivity index (χ1n) is 5.78. The van der Waals surface area contributed by atoms with E-state index < -0.39 is 22.8 Å². The largest absolute Gasteiger partial charge is 0.480 e. The fourth-order valence-corrected chi connectivity index (χ4v) is 3.13. The number of carbonyl (C=O) groups is 2. The van der Waals surface area contributed by atoms with Gasteiger partial charge in [0.05, 0.1) is 10.8 Å². The molecule has 1 saturated heterocycles. The topological polar surface area (TPSA) is 101 Å². The summed E-state index contributed by atoms with van der Waals surface area (Å²) in [5.41, 5.74) is 0.336. The van der Waals surface area contributed by atoms with Crippen molar-refractivity contribution in [3.05, 3.63) is 39.4 Å². The third kappa shape index (κ3) is 2.60. The lowest BCUT2D eigenvalue weighted by Crippen LogP contribution is -2.41. The van der Waals surface area contributed by atoms with Crippen LogP contribution in [0.2, 0.25) is 0 Å². The van der Waals surface area contributed by atoms with E-state index in [9.17, 15) is 19.7 Å². The van der Waals surface area contributed by atoms with E-state index in [-0.39, 0.29) is 17.1 Å². The summed E-state index contributed by atoms with van der Waals surface area (Å²) < 4.78 is 0. The second-order valence-corrected chi connectivity index (χ2v) is 5.41. The van der Waals surface area contributed by atoms with E-state index in [1.54, 1.807) is 13.0 Å². The van der Waals surface area contributed by atoms with Gasteiger partial charge in [-0.05, 0) is 18.6 Å². The third-order valence-corrected chi connectivity index (χ3v) is 4.02. The normalized spacial score (nSPS) is 18.1. The minimum absolute atomic E-state index is 0.0660. The highest BCUT2D eigenvalue weighted by Crippen LogP contribution is 2.27. The number of hydrogen-bond acceptors (Lipinski definition) is 5. The van der Waals surface area contributed by atoms with Gasteiger partial charge in [0.15, 0.2) is 0 Å². The number of thioether (sulfide) groups is 1. The molecule has 8 heteroatoms. The van der Waals surface area contributed by atoms with Gasteiger partial charge in [-0.3, -0.25) is 14.9 Å². The number of hydrogen-bond donors (Lipinski definition) is 1. The number of carboxylic acid groups (broad SMARTS) is 1. The van der Waals surface area contributed by atoms with Crippen LogP contribution in [-0.2, 0) is 4.79 Å². The van der Waals surface area contributed by atoms with Crippen molar-refractivity contribution in [2.45, 2.75) is 13.0 Å². The Kier molecular flexibility index (Phi) is 3.93. The van der Waals surface area contributed by atoms with Gasteiger partial charge in [-0.2, -0.15) is 0 Å². The maximum atomic E-state index is 12.4. The summed E-state index contributed by atoms with van der Waals surface area (Å²) in [5, 5.41) is 20.1. The molecule has 1 aliphatic rings. The molecule has 1 atom stereocenters. The number of aryl methyl sites for hydroxylation is 1. The van der Waals surface area contributed by atoms with Gasteiger partial charge in [0.2, 0.25) is 0 Å². The van der Waals surface area contributed by atoms with Crippen molar-refractivity contribution >= 4 is 29.3 Å². The lowest BCUT2D eigenvalue weighted by atomic mass is 10.1. The van der Waals surface area contributed by atoms with Gasteiger partial charge in [-0.25, -0.2) is 4.79 Å². The summed E-state index contributed by atoms with van der Waals surface area (Å²) in [4.78, 5) is 35.0. The summed E-state index contributed by atoms with van der Waals surface area (Å²) in [6.07, 6.45) is 0. The Morgan fingerprint density at radius 3 is 2.80 bits per heavy atom. The Hall–Kier alpha value is -2.09. The predicted octanol–water partition coefficient (Wildman–Crippen LogP) is 1.50. The molecule has 0 saturated carbocycles. The number of amides is 1. The first-order valence-corrected chi connectivity index (χ1v) is 6.94. The zero-order valence-electron chi connectivity index (χ0n) is 10.6. The quantitative estimate of drug-likeness (QED) is 0.670. The van der Waals surface area contributed by atoms with Crippen LogP contribution in [0.25, 0.3) is 0 Å². The lowest BCUT2D eigenvalue weighted by molar-refractivity contribution is -0.385. The number of carbonyl (C=O) groups excluding carboxylic acids is 1. The van der Waals surface area contributed by atoms with Crippen molar-refractivity contribution < 1.29 is 19.6 Å². The Bertz CT molecular complexity index is 589. The predicted molar refractivity (Wildman–Crippen MR) is 72.8 cm³/mol. The zero-order valence-corrected chi connectivity index (χ0v) is 11.4. The van der Waals surface area contributed by atoms with Crippen LogP contribution in [0.5, 0.6) is 0 Å². The van der Waals surface area contributed by atoms with Crippen LogP contribution in [-0.4, -0.2) is 44.5 Å². The van der Waals surface area contributed by atoms with Gasteiger partial charge in [0.25, 0.3) is 11.6 Å². The molecule has 1 heterocycles. The standard InChI is InChI=1S/C12H12N2O5S/c1-7-2-3-9(14(18)19)8(4-7)11(15)13-6-20-5-10(13)12(16)17/h2-4,10H,5-6H2,1H3,(H,16,17). The number of nitro groups is 1. The van der Waals surface area contributed by atoms with Gasteiger partial charge in [-0.15, -0.1) is 11.8 Å². The van der Waals surface area contributed by atoms with Crippen LogP contribution in [0.15, 0.2) is 18.2 Å². The van der Waals surface area contributed by atoms with E-state index in [4.69, 9.17) is 5.11 Å². The summed E-state index contributed by atoms with van der Waals surface area (Å²) in [7, 11) is 0. The molecule has 1 amide bonds. The summed E-state index contributed by atoms with van der Waals surface area (Å²) >= 11 is 1.31. The van der Waals surface area contributed by atoms with Gasteiger partial charge in [0.1, 0.15) is 11.6 Å².